The van der Waals surface area contributed by atoms with E-state index in [9.17, 15) is 0 Å². The minimum atomic E-state index is 0.532. The molecule has 0 fully saturated rings. The molecule has 0 N–H and O–H groups in total. The van der Waals surface area contributed by atoms with Crippen molar-refractivity contribution in [2.75, 3.05) is 0 Å². The monoisotopic (exact) mass is 390 g/mol. The topological polar surface area (TPSA) is 0 Å². The van der Waals surface area contributed by atoms with Gasteiger partial charge in [0.15, 0.2) is 0 Å². The van der Waals surface area contributed by atoms with E-state index in [1.807, 2.05) is 0 Å². The Hall–Kier alpha value is -2.86. The predicted octanol–water partition coefficient (Wildman–Crippen LogP) is 7.97. The largest absolute Gasteiger partial charge is 0.103 e. The van der Waals surface area contributed by atoms with Crippen LogP contribution in [-0.4, -0.2) is 0 Å². The number of benzene rings is 3. The highest BCUT2D eigenvalue weighted by atomic mass is 14.3. The molecule has 0 heteroatoms. The Morgan fingerprint density at radius 3 is 2.67 bits per heavy atom. The lowest BCUT2D eigenvalue weighted by Gasteiger charge is -2.25. The molecule has 0 amide bonds. The SMILES string of the molecule is C=CCCCCC(Cc1cccc2c1Cc1ccccc1-2)C1C=Cc2ccccc21. The van der Waals surface area contributed by atoms with Gasteiger partial charge in [-0.1, -0.05) is 91.4 Å². The Labute approximate surface area is 181 Å². The van der Waals surface area contributed by atoms with Crippen molar-refractivity contribution >= 4 is 6.08 Å². The van der Waals surface area contributed by atoms with Crippen molar-refractivity contribution in [3.63, 3.8) is 0 Å². The van der Waals surface area contributed by atoms with Crippen LogP contribution < -0.4 is 0 Å². The summed E-state index contributed by atoms with van der Waals surface area (Å²) < 4.78 is 0. The second-order valence-corrected chi connectivity index (χ2v) is 8.83. The molecule has 0 saturated carbocycles. The fraction of sp³-hybridized carbons (Fsp3) is 0.267. The zero-order chi connectivity index (χ0) is 20.3. The van der Waals surface area contributed by atoms with E-state index >= 15 is 0 Å². The van der Waals surface area contributed by atoms with E-state index in [1.54, 1.807) is 11.1 Å². The van der Waals surface area contributed by atoms with Crippen LogP contribution in [0.1, 0.15) is 59.4 Å². The maximum Gasteiger partial charge on any atom is 0.00586 e. The fourth-order valence-corrected chi connectivity index (χ4v) is 5.49. The molecular weight excluding hydrogens is 360 g/mol. The van der Waals surface area contributed by atoms with Crippen LogP contribution in [0.3, 0.4) is 0 Å². The summed E-state index contributed by atoms with van der Waals surface area (Å²) in [6, 6.07) is 24.8. The molecule has 30 heavy (non-hydrogen) atoms. The molecule has 150 valence electrons. The molecular formula is C30H30. The van der Waals surface area contributed by atoms with Crippen LogP contribution in [0.5, 0.6) is 0 Å². The third kappa shape index (κ3) is 3.56. The molecule has 0 aliphatic heterocycles. The summed E-state index contributed by atoms with van der Waals surface area (Å²) >= 11 is 0. The van der Waals surface area contributed by atoms with Crippen molar-refractivity contribution in [2.24, 2.45) is 5.92 Å². The number of fused-ring (bicyclic) bond motifs is 4. The Balaban J connectivity index is 1.44. The Morgan fingerprint density at radius 1 is 0.900 bits per heavy atom. The molecule has 2 aliphatic carbocycles. The molecule has 2 unspecified atom stereocenters. The molecule has 3 aromatic carbocycles. The van der Waals surface area contributed by atoms with Gasteiger partial charge in [0, 0.05) is 5.92 Å². The van der Waals surface area contributed by atoms with Crippen molar-refractivity contribution in [2.45, 2.75) is 44.4 Å². The van der Waals surface area contributed by atoms with Gasteiger partial charge in [-0.15, -0.1) is 6.58 Å². The van der Waals surface area contributed by atoms with Crippen LogP contribution in [0.25, 0.3) is 17.2 Å². The number of unbranched alkanes of at least 4 members (excludes halogenated alkanes) is 2. The van der Waals surface area contributed by atoms with E-state index in [4.69, 9.17) is 0 Å². The molecule has 0 saturated heterocycles. The molecule has 0 bridgehead atoms. The second kappa shape index (κ2) is 8.48. The van der Waals surface area contributed by atoms with Crippen molar-refractivity contribution < 1.29 is 0 Å². The van der Waals surface area contributed by atoms with E-state index < -0.39 is 0 Å². The van der Waals surface area contributed by atoms with Crippen molar-refractivity contribution in [3.05, 3.63) is 113 Å². The molecule has 2 atom stereocenters. The van der Waals surface area contributed by atoms with E-state index in [2.05, 4.69) is 91.5 Å². The van der Waals surface area contributed by atoms with Gasteiger partial charge >= 0.3 is 0 Å². The standard InChI is InChI=1S/C30H30/c1-2-3-4-5-12-23(28-19-18-22-11-6-8-15-26(22)28)20-24-14-10-17-29-27-16-9-7-13-25(27)21-30(24)29/h2,6-11,13-19,23,28H,1,3-5,12,20-21H2. The first-order chi connectivity index (χ1) is 14.8. The number of allylic oxidation sites excluding steroid dienone is 2. The van der Waals surface area contributed by atoms with Crippen molar-refractivity contribution in [1.29, 1.82) is 0 Å². The minimum absolute atomic E-state index is 0.532. The average molecular weight is 391 g/mol. The summed E-state index contributed by atoms with van der Waals surface area (Å²) in [4.78, 5) is 0. The summed E-state index contributed by atoms with van der Waals surface area (Å²) in [5, 5.41) is 0. The predicted molar refractivity (Wildman–Crippen MR) is 129 cm³/mol. The molecule has 0 heterocycles. The molecule has 0 aromatic heterocycles. The normalized spacial score (nSPS) is 16.7. The summed E-state index contributed by atoms with van der Waals surface area (Å²) in [7, 11) is 0. The molecule has 0 spiro atoms. The van der Waals surface area contributed by atoms with Crippen molar-refractivity contribution in [3.8, 4) is 11.1 Å². The van der Waals surface area contributed by atoms with Gasteiger partial charge in [0.2, 0.25) is 0 Å². The Kier molecular flexibility index (Phi) is 5.41. The number of hydrogen-bond donors (Lipinski definition) is 0. The summed E-state index contributed by atoms with van der Waals surface area (Å²) in [5.74, 6) is 1.18. The van der Waals surface area contributed by atoms with E-state index in [-0.39, 0.29) is 0 Å². The van der Waals surface area contributed by atoms with Gasteiger partial charge in [0.25, 0.3) is 0 Å². The zero-order valence-electron chi connectivity index (χ0n) is 17.7. The lowest BCUT2D eigenvalue weighted by atomic mass is 9.79. The number of rotatable bonds is 8. The maximum absolute atomic E-state index is 3.90. The highest BCUT2D eigenvalue weighted by Crippen LogP contribution is 2.43. The first-order valence-electron chi connectivity index (χ1n) is 11.4. The van der Waals surface area contributed by atoms with Crippen LogP contribution in [0.2, 0.25) is 0 Å². The smallest absolute Gasteiger partial charge is 0.00586 e. The van der Waals surface area contributed by atoms with Gasteiger partial charge in [-0.25, -0.2) is 0 Å². The summed E-state index contributed by atoms with van der Waals surface area (Å²) in [6.07, 6.45) is 14.0. The van der Waals surface area contributed by atoms with E-state index in [0.717, 1.165) is 19.3 Å². The number of hydrogen-bond acceptors (Lipinski definition) is 0. The quantitative estimate of drug-likeness (QED) is 0.211. The van der Waals surface area contributed by atoms with Crippen molar-refractivity contribution in [1.82, 2.24) is 0 Å². The van der Waals surface area contributed by atoms with Gasteiger partial charge < -0.3 is 0 Å². The Morgan fingerprint density at radius 2 is 1.73 bits per heavy atom. The molecule has 5 rings (SSSR count). The highest BCUT2D eigenvalue weighted by Gasteiger charge is 2.28. The van der Waals surface area contributed by atoms with Crippen LogP contribution in [-0.2, 0) is 12.8 Å². The molecule has 3 aromatic rings. The maximum atomic E-state index is 3.90. The molecule has 2 aliphatic rings. The van der Waals surface area contributed by atoms with Gasteiger partial charge in [-0.2, -0.15) is 0 Å². The molecule has 0 radical (unpaired) electrons. The van der Waals surface area contributed by atoms with E-state index in [1.165, 1.54) is 47.1 Å². The first kappa shape index (κ1) is 19.1. The van der Waals surface area contributed by atoms with Gasteiger partial charge in [-0.3, -0.25) is 0 Å². The van der Waals surface area contributed by atoms with Crippen LogP contribution in [0.15, 0.2) is 85.5 Å². The van der Waals surface area contributed by atoms with Crippen LogP contribution >= 0.6 is 0 Å². The zero-order valence-corrected chi connectivity index (χ0v) is 17.7. The molecule has 0 nitrogen and oxygen atoms in total. The minimum Gasteiger partial charge on any atom is -0.103 e. The highest BCUT2D eigenvalue weighted by molar-refractivity contribution is 5.77. The Bertz CT molecular complexity index is 1080. The third-order valence-electron chi connectivity index (χ3n) is 7.01. The van der Waals surface area contributed by atoms with Crippen LogP contribution in [0, 0.1) is 5.92 Å². The average Bonchev–Trinajstić information content (AvgIpc) is 3.38. The van der Waals surface area contributed by atoms with Crippen LogP contribution in [0.4, 0.5) is 0 Å². The van der Waals surface area contributed by atoms with Gasteiger partial charge in [-0.05, 0) is 77.0 Å². The lowest BCUT2D eigenvalue weighted by Crippen LogP contribution is -2.14. The first-order valence-corrected chi connectivity index (χ1v) is 11.4. The van der Waals surface area contributed by atoms with Gasteiger partial charge in [0.05, 0.1) is 0 Å². The van der Waals surface area contributed by atoms with Gasteiger partial charge in [0.1, 0.15) is 0 Å². The summed E-state index contributed by atoms with van der Waals surface area (Å²) in [6.45, 7) is 3.90. The lowest BCUT2D eigenvalue weighted by molar-refractivity contribution is 0.422. The van der Waals surface area contributed by atoms with E-state index in [0.29, 0.717) is 11.8 Å². The third-order valence-corrected chi connectivity index (χ3v) is 7.01. The fourth-order valence-electron chi connectivity index (χ4n) is 5.49. The second-order valence-electron chi connectivity index (χ2n) is 8.83. The summed E-state index contributed by atoms with van der Waals surface area (Å²) in [5.41, 5.74) is 10.4.